The highest BCUT2D eigenvalue weighted by atomic mass is 32.3. The lowest BCUT2D eigenvalue weighted by molar-refractivity contribution is 0.0950. The van der Waals surface area contributed by atoms with Gasteiger partial charge in [-0.05, 0) is 25.1 Å². The summed E-state index contributed by atoms with van der Waals surface area (Å²) >= 11 is 0. The summed E-state index contributed by atoms with van der Waals surface area (Å²) in [5.74, 6) is -0.481. The quantitative estimate of drug-likeness (QED) is 0.382. The minimum absolute atomic E-state index is 0.0181. The van der Waals surface area contributed by atoms with E-state index < -0.39 is 22.0 Å². The predicted molar refractivity (Wildman–Crippen MR) is 126 cm³/mol. The Morgan fingerprint density at radius 3 is 2.85 bits per heavy atom. The van der Waals surface area contributed by atoms with Crippen LogP contribution in [-0.2, 0) is 20.8 Å². The van der Waals surface area contributed by atoms with Crippen LogP contribution in [0.3, 0.4) is 0 Å². The van der Waals surface area contributed by atoms with Gasteiger partial charge in [0.15, 0.2) is 5.75 Å². The fourth-order valence-corrected chi connectivity index (χ4v) is 4.19. The molecule has 1 unspecified atom stereocenters. The van der Waals surface area contributed by atoms with Gasteiger partial charge in [-0.15, -0.1) is 0 Å². The van der Waals surface area contributed by atoms with Gasteiger partial charge in [-0.1, -0.05) is 10.3 Å². The van der Waals surface area contributed by atoms with Crippen LogP contribution in [0, 0.1) is 6.92 Å². The number of carbonyl (C=O) groups excluding carboxylic acids is 2. The molecule has 1 aliphatic heterocycles. The molecule has 4 rings (SSSR count). The summed E-state index contributed by atoms with van der Waals surface area (Å²) in [5.41, 5.74) is 9.04. The van der Waals surface area contributed by atoms with E-state index in [0.717, 1.165) is 17.0 Å². The van der Waals surface area contributed by atoms with Gasteiger partial charge in [-0.25, -0.2) is 4.98 Å². The highest BCUT2D eigenvalue weighted by molar-refractivity contribution is 7.97. The molecular weight excluding hydrogens is 446 g/mol. The van der Waals surface area contributed by atoms with Crippen molar-refractivity contribution < 1.29 is 23.1 Å². The molecule has 10 nitrogen and oxygen atoms in total. The van der Waals surface area contributed by atoms with Crippen molar-refractivity contribution in [2.75, 3.05) is 30.5 Å². The Kier molecular flexibility index (Phi) is 6.00. The second kappa shape index (κ2) is 8.75. The minimum Gasteiger partial charge on any atom is -0.493 e. The number of carbonyl (C=O) groups is 2. The maximum Gasteiger partial charge on any atom is 0.270 e. The van der Waals surface area contributed by atoms with Crippen LogP contribution in [-0.4, -0.2) is 51.5 Å². The zero-order chi connectivity index (χ0) is 23.8. The van der Waals surface area contributed by atoms with Crippen LogP contribution in [0.25, 0.3) is 10.9 Å². The Bertz CT molecular complexity index is 1320. The van der Waals surface area contributed by atoms with Crippen molar-refractivity contribution in [1.29, 1.82) is 0 Å². The van der Waals surface area contributed by atoms with Gasteiger partial charge in [0.1, 0.15) is 17.7 Å². The Morgan fingerprint density at radius 2 is 2.12 bits per heavy atom. The number of anilines is 2. The van der Waals surface area contributed by atoms with Crippen molar-refractivity contribution in [3.63, 3.8) is 0 Å². The van der Waals surface area contributed by atoms with E-state index in [0.29, 0.717) is 35.3 Å². The summed E-state index contributed by atoms with van der Waals surface area (Å²) < 4.78 is 26.5. The van der Waals surface area contributed by atoms with Crippen LogP contribution in [0.15, 0.2) is 30.5 Å². The van der Waals surface area contributed by atoms with Gasteiger partial charge < -0.3 is 21.1 Å². The molecule has 0 bridgehead atoms. The van der Waals surface area contributed by atoms with Crippen LogP contribution in [0.5, 0.6) is 5.75 Å². The first-order valence-corrected chi connectivity index (χ1v) is 12.3. The summed E-state index contributed by atoms with van der Waals surface area (Å²) in [7, 11) is -2.97. The third kappa shape index (κ3) is 4.78. The molecule has 2 amide bonds. The molecule has 0 radical (unpaired) electrons. The lowest BCUT2D eigenvalue weighted by Crippen LogP contribution is -2.31. The summed E-state index contributed by atoms with van der Waals surface area (Å²) in [5, 5.41) is 6.40. The largest absolute Gasteiger partial charge is 0.493 e. The van der Waals surface area contributed by atoms with Crippen molar-refractivity contribution in [3.05, 3.63) is 53.0 Å². The first-order valence-electron chi connectivity index (χ1n) is 10.2. The Morgan fingerprint density at radius 1 is 1.33 bits per heavy atom. The van der Waals surface area contributed by atoms with Gasteiger partial charge in [-0.3, -0.25) is 14.6 Å². The molecule has 0 fully saturated rings. The monoisotopic (exact) mass is 470 g/mol. The molecule has 2 aromatic heterocycles. The van der Waals surface area contributed by atoms with E-state index in [1.165, 1.54) is 18.5 Å². The SMILES string of the molecule is Cc1nc(C(=O)NCC[S+](C)(=O)O)cc2c(Nc3cccc4c3CCO4)c(C(N)=O)cnc12. The molecule has 1 atom stereocenters. The number of rotatable bonds is 7. The van der Waals surface area contributed by atoms with E-state index in [2.05, 4.69) is 20.6 Å². The van der Waals surface area contributed by atoms with Gasteiger partial charge in [0, 0.05) is 29.3 Å². The molecule has 33 heavy (non-hydrogen) atoms. The van der Waals surface area contributed by atoms with Gasteiger partial charge in [-0.2, -0.15) is 4.55 Å². The molecular formula is C22H24N5O5S+. The maximum atomic E-state index is 12.7. The number of hydrogen-bond donors (Lipinski definition) is 4. The number of primary amides is 1. The lowest BCUT2D eigenvalue weighted by atomic mass is 10.1. The number of aromatic nitrogens is 2. The zero-order valence-corrected chi connectivity index (χ0v) is 19.0. The highest BCUT2D eigenvalue weighted by Crippen LogP contribution is 2.36. The first-order chi connectivity index (χ1) is 15.6. The molecule has 0 aliphatic carbocycles. The summed E-state index contributed by atoms with van der Waals surface area (Å²) in [6, 6.07) is 7.13. The van der Waals surface area contributed by atoms with E-state index in [9.17, 15) is 18.4 Å². The third-order valence-corrected chi connectivity index (χ3v) is 6.26. The van der Waals surface area contributed by atoms with Crippen molar-refractivity contribution in [2.24, 2.45) is 5.73 Å². The molecule has 1 aliphatic rings. The predicted octanol–water partition coefficient (Wildman–Crippen LogP) is 2.05. The fraction of sp³-hybridized carbons (Fsp3) is 0.273. The van der Waals surface area contributed by atoms with Crippen LogP contribution >= 0.6 is 0 Å². The van der Waals surface area contributed by atoms with E-state index >= 15 is 0 Å². The number of aryl methyl sites for hydroxylation is 1. The number of fused-ring (bicyclic) bond motifs is 2. The molecule has 11 heteroatoms. The summed E-state index contributed by atoms with van der Waals surface area (Å²) in [4.78, 5) is 33.5. The van der Waals surface area contributed by atoms with Gasteiger partial charge in [0.05, 0.1) is 35.6 Å². The summed E-state index contributed by atoms with van der Waals surface area (Å²) in [6.45, 7) is 2.30. The normalized spacial score (nSPS) is 14.3. The second-order valence-corrected chi connectivity index (χ2v) is 10.2. The van der Waals surface area contributed by atoms with E-state index in [1.807, 2.05) is 18.2 Å². The van der Waals surface area contributed by atoms with Crippen LogP contribution < -0.4 is 21.1 Å². The zero-order valence-electron chi connectivity index (χ0n) is 18.2. The average molecular weight is 471 g/mol. The van der Waals surface area contributed by atoms with E-state index in [-0.39, 0.29) is 23.6 Å². The maximum absolute atomic E-state index is 12.7. The van der Waals surface area contributed by atoms with Crippen LogP contribution in [0.1, 0.15) is 32.1 Å². The molecule has 0 saturated carbocycles. The fourth-order valence-electron chi connectivity index (χ4n) is 3.71. The number of amides is 2. The molecule has 3 aromatic rings. The number of pyridine rings is 2. The lowest BCUT2D eigenvalue weighted by Gasteiger charge is -2.16. The highest BCUT2D eigenvalue weighted by Gasteiger charge is 2.22. The van der Waals surface area contributed by atoms with Crippen molar-refractivity contribution >= 4 is 44.3 Å². The molecule has 0 spiro atoms. The van der Waals surface area contributed by atoms with E-state index in [1.54, 1.807) is 6.92 Å². The Labute approximate surface area is 191 Å². The standard InChI is InChI=1S/C22H23N5O5S/c1-12-19-14(10-17(26-12)22(29)24-7-9-33(2,30)31)20(15(11-25-19)21(23)28)27-16-4-3-5-18-13(16)6-8-32-18/h3-5,10-11H,6-9H2,1-2H3,(H4-,23,24,25,27,28,29,30,31)/p+1. The number of nitrogens with one attached hydrogen (secondary N) is 2. The minimum atomic E-state index is -2.97. The molecule has 0 saturated heterocycles. The van der Waals surface area contributed by atoms with Gasteiger partial charge in [0.2, 0.25) is 10.2 Å². The van der Waals surface area contributed by atoms with E-state index in [4.69, 9.17) is 10.5 Å². The number of benzene rings is 1. The number of hydrogen-bond acceptors (Lipinski definition) is 7. The van der Waals surface area contributed by atoms with Crippen LogP contribution in [0.2, 0.25) is 0 Å². The van der Waals surface area contributed by atoms with Gasteiger partial charge in [0.25, 0.3) is 11.8 Å². The summed E-state index contributed by atoms with van der Waals surface area (Å²) in [6.07, 6.45) is 3.31. The molecule has 172 valence electrons. The average Bonchev–Trinajstić information content (AvgIpc) is 3.22. The van der Waals surface area contributed by atoms with Crippen molar-refractivity contribution in [2.45, 2.75) is 13.3 Å². The topological polar surface area (TPSA) is 157 Å². The Hall–Kier alpha value is -3.57. The second-order valence-electron chi connectivity index (χ2n) is 7.83. The Balaban J connectivity index is 1.78. The smallest absolute Gasteiger partial charge is 0.270 e. The first kappa shape index (κ1) is 22.6. The van der Waals surface area contributed by atoms with Crippen molar-refractivity contribution in [1.82, 2.24) is 15.3 Å². The number of nitrogens with zero attached hydrogens (tertiary/aromatic N) is 2. The molecule has 3 heterocycles. The number of ether oxygens (including phenoxy) is 1. The van der Waals surface area contributed by atoms with Crippen molar-refractivity contribution in [3.8, 4) is 5.75 Å². The van der Waals surface area contributed by atoms with Crippen LogP contribution in [0.4, 0.5) is 11.4 Å². The third-order valence-electron chi connectivity index (χ3n) is 5.30. The molecule has 5 N–H and O–H groups in total. The van der Waals surface area contributed by atoms with Gasteiger partial charge >= 0.3 is 0 Å². The molecule has 1 aromatic carbocycles. The number of nitrogens with two attached hydrogens (primary N) is 1.